The molecule has 0 saturated heterocycles. The van der Waals surface area contributed by atoms with E-state index in [1.54, 1.807) is 48.2 Å². The van der Waals surface area contributed by atoms with Gasteiger partial charge >= 0.3 is 6.18 Å². The number of carbonyl (C=O) groups is 1. The number of aromatic nitrogens is 6. The molecule has 0 bridgehead atoms. The third-order valence-electron chi connectivity index (χ3n) is 3.99. The topological polar surface area (TPSA) is 99.6 Å². The van der Waals surface area contributed by atoms with Crippen LogP contribution in [-0.2, 0) is 11.8 Å². The number of carbonyl (C=O) groups excluding carboxylic acids is 1. The third kappa shape index (κ3) is 4.50. The first-order valence-electron chi connectivity index (χ1n) is 8.28. The van der Waals surface area contributed by atoms with Gasteiger partial charge < -0.3 is 5.32 Å². The summed E-state index contributed by atoms with van der Waals surface area (Å²) in [6, 6.07) is 8.95. The smallest absolute Gasteiger partial charge is 0.346 e. The molecular weight excluding hydrogens is 411 g/mol. The molecule has 0 aliphatic rings. The molecule has 0 fully saturated rings. The normalized spacial score (nSPS) is 11.6. The molecule has 154 valence electrons. The van der Waals surface area contributed by atoms with E-state index in [1.165, 1.54) is 9.36 Å². The molecule has 29 heavy (non-hydrogen) atoms. The zero-order valence-corrected chi connectivity index (χ0v) is 16.2. The van der Waals surface area contributed by atoms with E-state index in [1.807, 2.05) is 6.07 Å². The van der Waals surface area contributed by atoms with Crippen molar-refractivity contribution in [2.24, 2.45) is 7.05 Å². The van der Waals surface area contributed by atoms with Crippen molar-refractivity contribution in [2.45, 2.75) is 18.3 Å². The van der Waals surface area contributed by atoms with Crippen LogP contribution in [0.4, 0.5) is 13.2 Å². The number of rotatable bonds is 6. The summed E-state index contributed by atoms with van der Waals surface area (Å²) in [5.41, 5.74) is 1.00. The number of hydrogen-bond acceptors (Lipinski definition) is 6. The van der Waals surface area contributed by atoms with Crippen LogP contribution >= 0.6 is 11.8 Å². The molecule has 1 amide bonds. The van der Waals surface area contributed by atoms with Crippen molar-refractivity contribution in [1.82, 2.24) is 34.9 Å². The lowest BCUT2D eigenvalue weighted by molar-refractivity contribution is -0.136. The Labute approximate surface area is 166 Å². The summed E-state index contributed by atoms with van der Waals surface area (Å²) in [5, 5.41) is 13.0. The van der Waals surface area contributed by atoms with Gasteiger partial charge in [0.05, 0.1) is 17.1 Å². The number of hydrogen-bond donors (Lipinski definition) is 1. The minimum atomic E-state index is -4.49. The molecule has 0 unspecified atom stereocenters. The van der Waals surface area contributed by atoms with Crippen LogP contribution in [0.15, 0.2) is 40.3 Å². The van der Waals surface area contributed by atoms with Gasteiger partial charge in [-0.1, -0.05) is 30.0 Å². The highest BCUT2D eigenvalue weighted by Crippen LogP contribution is 2.20. The summed E-state index contributed by atoms with van der Waals surface area (Å²) in [4.78, 5) is 24.7. The zero-order valence-electron chi connectivity index (χ0n) is 15.3. The second kappa shape index (κ2) is 8.11. The number of nitrogens with zero attached hydrogens (tertiary/aromatic N) is 6. The van der Waals surface area contributed by atoms with Gasteiger partial charge in [0.2, 0.25) is 11.1 Å². The largest absolute Gasteiger partial charge is 0.405 e. The number of halogens is 3. The standard InChI is InChI=1S/C16H16F3N7O2S/c1-10-13(14(28)26(24(10)2)11-6-4-3-5-7-11)25-15(21-22-23-25)29-8-12(27)20-9-16(17,18)19/h3-7H,8-9H2,1-2H3,(H,20,27). The Bertz CT molecular complexity index is 1070. The Hall–Kier alpha value is -3.09. The monoisotopic (exact) mass is 427 g/mol. The van der Waals surface area contributed by atoms with Gasteiger partial charge in [0, 0.05) is 7.05 Å². The first-order valence-corrected chi connectivity index (χ1v) is 9.26. The number of benzene rings is 1. The van der Waals surface area contributed by atoms with E-state index in [4.69, 9.17) is 0 Å². The fourth-order valence-corrected chi connectivity index (χ4v) is 3.29. The van der Waals surface area contributed by atoms with Crippen LogP contribution in [0.5, 0.6) is 0 Å². The number of nitrogens with one attached hydrogen (secondary N) is 1. The Morgan fingerprint density at radius 1 is 1.24 bits per heavy atom. The lowest BCUT2D eigenvalue weighted by Gasteiger charge is -2.08. The number of amides is 1. The Balaban J connectivity index is 1.86. The molecule has 13 heteroatoms. The summed E-state index contributed by atoms with van der Waals surface area (Å²) in [6.45, 7) is 0.291. The molecule has 0 aliphatic carbocycles. The lowest BCUT2D eigenvalue weighted by atomic mass is 10.3. The molecule has 0 spiro atoms. The van der Waals surface area contributed by atoms with Gasteiger partial charge in [-0.2, -0.15) is 17.9 Å². The Morgan fingerprint density at radius 3 is 2.59 bits per heavy atom. The molecular formula is C16H16F3N7O2S. The highest BCUT2D eigenvalue weighted by Gasteiger charge is 2.28. The fraction of sp³-hybridized carbons (Fsp3) is 0.312. The van der Waals surface area contributed by atoms with E-state index in [0.717, 1.165) is 11.8 Å². The van der Waals surface area contributed by atoms with Crippen LogP contribution in [0.25, 0.3) is 11.4 Å². The van der Waals surface area contributed by atoms with E-state index < -0.39 is 18.6 Å². The molecule has 0 radical (unpaired) electrons. The number of para-hydroxylation sites is 1. The number of alkyl halides is 3. The average Bonchev–Trinajstić information content (AvgIpc) is 3.21. The van der Waals surface area contributed by atoms with Gasteiger partial charge in [-0.25, -0.2) is 4.68 Å². The quantitative estimate of drug-likeness (QED) is 0.594. The van der Waals surface area contributed by atoms with Gasteiger partial charge in [-0.3, -0.25) is 14.3 Å². The predicted octanol–water partition coefficient (Wildman–Crippen LogP) is 1.23. The maximum atomic E-state index is 13.0. The van der Waals surface area contributed by atoms with Gasteiger partial charge in [0.25, 0.3) is 5.56 Å². The summed E-state index contributed by atoms with van der Waals surface area (Å²) >= 11 is 0.826. The van der Waals surface area contributed by atoms with E-state index in [2.05, 4.69) is 15.5 Å². The zero-order chi connectivity index (χ0) is 21.2. The number of thioether (sulfide) groups is 1. The maximum absolute atomic E-state index is 13.0. The van der Waals surface area contributed by atoms with Crippen LogP contribution in [0, 0.1) is 6.92 Å². The Kier molecular flexibility index (Phi) is 5.77. The van der Waals surface area contributed by atoms with Crippen molar-refractivity contribution in [3.8, 4) is 11.4 Å². The molecule has 0 atom stereocenters. The fourth-order valence-electron chi connectivity index (χ4n) is 2.59. The van der Waals surface area contributed by atoms with Crippen molar-refractivity contribution in [3.05, 3.63) is 46.4 Å². The van der Waals surface area contributed by atoms with Crippen molar-refractivity contribution in [2.75, 3.05) is 12.3 Å². The number of tetrazole rings is 1. The van der Waals surface area contributed by atoms with Crippen molar-refractivity contribution in [3.63, 3.8) is 0 Å². The van der Waals surface area contributed by atoms with Gasteiger partial charge in [-0.05, 0) is 29.5 Å². The molecule has 2 heterocycles. The van der Waals surface area contributed by atoms with Crippen LogP contribution in [0.3, 0.4) is 0 Å². The summed E-state index contributed by atoms with van der Waals surface area (Å²) in [6.07, 6.45) is -4.49. The first kappa shape index (κ1) is 20.6. The molecule has 0 aliphatic heterocycles. The highest BCUT2D eigenvalue weighted by molar-refractivity contribution is 7.99. The van der Waals surface area contributed by atoms with Gasteiger partial charge in [0.1, 0.15) is 6.54 Å². The van der Waals surface area contributed by atoms with E-state index >= 15 is 0 Å². The molecule has 0 saturated carbocycles. The van der Waals surface area contributed by atoms with Gasteiger partial charge in [0.15, 0.2) is 5.69 Å². The first-order chi connectivity index (χ1) is 13.7. The summed E-state index contributed by atoms with van der Waals surface area (Å²) < 4.78 is 40.8. The van der Waals surface area contributed by atoms with Crippen LogP contribution in [0.1, 0.15) is 5.69 Å². The van der Waals surface area contributed by atoms with E-state index in [-0.39, 0.29) is 22.2 Å². The minimum absolute atomic E-state index is 0.109. The second-order valence-electron chi connectivity index (χ2n) is 5.96. The van der Waals surface area contributed by atoms with Crippen LogP contribution < -0.4 is 10.9 Å². The SMILES string of the molecule is Cc1c(-n2nnnc2SCC(=O)NCC(F)(F)F)c(=O)n(-c2ccccc2)n1C. The van der Waals surface area contributed by atoms with Gasteiger partial charge in [-0.15, -0.1) is 5.10 Å². The Morgan fingerprint density at radius 2 is 1.93 bits per heavy atom. The molecule has 3 aromatic rings. The predicted molar refractivity (Wildman–Crippen MR) is 98.2 cm³/mol. The second-order valence-corrected chi connectivity index (χ2v) is 6.91. The lowest BCUT2D eigenvalue weighted by Crippen LogP contribution is -2.34. The van der Waals surface area contributed by atoms with E-state index in [9.17, 15) is 22.8 Å². The van der Waals surface area contributed by atoms with Crippen molar-refractivity contribution >= 4 is 17.7 Å². The highest BCUT2D eigenvalue weighted by atomic mass is 32.2. The molecule has 2 aromatic heterocycles. The minimum Gasteiger partial charge on any atom is -0.346 e. The molecule has 3 rings (SSSR count). The van der Waals surface area contributed by atoms with E-state index in [0.29, 0.717) is 11.4 Å². The third-order valence-corrected chi connectivity index (χ3v) is 4.91. The van der Waals surface area contributed by atoms with Crippen molar-refractivity contribution in [1.29, 1.82) is 0 Å². The average molecular weight is 427 g/mol. The van der Waals surface area contributed by atoms with Crippen molar-refractivity contribution < 1.29 is 18.0 Å². The summed E-state index contributed by atoms with van der Waals surface area (Å²) in [7, 11) is 1.70. The van der Waals surface area contributed by atoms with Crippen LogP contribution in [0.2, 0.25) is 0 Å². The molecule has 1 aromatic carbocycles. The molecule has 9 nitrogen and oxygen atoms in total. The van der Waals surface area contributed by atoms with Crippen LogP contribution in [-0.4, -0.2) is 54.0 Å². The molecule has 1 N–H and O–H groups in total. The summed E-state index contributed by atoms with van der Waals surface area (Å²) in [5.74, 6) is -1.16. The maximum Gasteiger partial charge on any atom is 0.405 e.